The summed E-state index contributed by atoms with van der Waals surface area (Å²) >= 11 is 1.02. The van der Waals surface area contributed by atoms with Crippen LogP contribution in [0.3, 0.4) is 0 Å². The molecule has 10 heteroatoms. The molecule has 3 heterocycles. The van der Waals surface area contributed by atoms with E-state index in [0.717, 1.165) is 23.1 Å². The Hall–Kier alpha value is -2.66. The van der Waals surface area contributed by atoms with Gasteiger partial charge in [0.1, 0.15) is 15.9 Å². The molecule has 1 aliphatic rings. The van der Waals surface area contributed by atoms with Crippen LogP contribution in [0.5, 0.6) is 0 Å². The lowest BCUT2D eigenvalue weighted by Crippen LogP contribution is -2.48. The number of aromatic nitrogens is 3. The molecular weight excluding hydrogens is 422 g/mol. The minimum atomic E-state index is -3.61. The SMILES string of the molecule is O=S(=O)(c1cccc2nsnc12)N1CCN(Cc2ncc(-c3ccccc3)o2)CC1. The van der Waals surface area contributed by atoms with Crippen molar-refractivity contribution in [3.05, 3.63) is 60.6 Å². The van der Waals surface area contributed by atoms with Gasteiger partial charge in [0.2, 0.25) is 15.9 Å². The van der Waals surface area contributed by atoms with E-state index < -0.39 is 10.0 Å². The highest BCUT2D eigenvalue weighted by molar-refractivity contribution is 7.89. The van der Waals surface area contributed by atoms with E-state index in [1.807, 2.05) is 30.3 Å². The lowest BCUT2D eigenvalue weighted by atomic mass is 10.2. The lowest BCUT2D eigenvalue weighted by Gasteiger charge is -2.33. The van der Waals surface area contributed by atoms with Crippen LogP contribution in [-0.4, -0.2) is 57.5 Å². The van der Waals surface area contributed by atoms with Crippen molar-refractivity contribution in [3.8, 4) is 11.3 Å². The molecular formula is C20H19N5O3S2. The molecule has 4 aromatic rings. The van der Waals surface area contributed by atoms with Crippen molar-refractivity contribution >= 4 is 32.8 Å². The van der Waals surface area contributed by atoms with Crippen LogP contribution in [0, 0.1) is 0 Å². The Morgan fingerprint density at radius 1 is 0.967 bits per heavy atom. The van der Waals surface area contributed by atoms with Crippen molar-refractivity contribution in [1.29, 1.82) is 0 Å². The molecule has 0 unspecified atom stereocenters. The maximum atomic E-state index is 13.1. The van der Waals surface area contributed by atoms with Crippen LogP contribution in [0.4, 0.5) is 0 Å². The molecule has 1 saturated heterocycles. The summed E-state index contributed by atoms with van der Waals surface area (Å²) in [5.41, 5.74) is 2.04. The number of hydrogen-bond donors (Lipinski definition) is 0. The molecule has 0 amide bonds. The molecule has 0 radical (unpaired) electrons. The second-order valence-electron chi connectivity index (χ2n) is 7.05. The highest BCUT2D eigenvalue weighted by Crippen LogP contribution is 2.26. The Morgan fingerprint density at radius 2 is 1.77 bits per heavy atom. The smallest absolute Gasteiger partial charge is 0.245 e. The van der Waals surface area contributed by atoms with E-state index in [4.69, 9.17) is 4.42 Å². The van der Waals surface area contributed by atoms with Crippen molar-refractivity contribution in [2.75, 3.05) is 26.2 Å². The topological polar surface area (TPSA) is 92.4 Å². The molecule has 0 bridgehead atoms. The maximum Gasteiger partial charge on any atom is 0.245 e. The summed E-state index contributed by atoms with van der Waals surface area (Å²) in [5, 5.41) is 0. The fourth-order valence-electron chi connectivity index (χ4n) is 3.57. The Kier molecular flexibility index (Phi) is 5.07. The molecule has 1 fully saturated rings. The summed E-state index contributed by atoms with van der Waals surface area (Å²) in [6, 6.07) is 14.9. The van der Waals surface area contributed by atoms with Gasteiger partial charge in [0.15, 0.2) is 5.76 Å². The Labute approximate surface area is 178 Å². The summed E-state index contributed by atoms with van der Waals surface area (Å²) in [5.74, 6) is 1.36. The first-order valence-corrected chi connectivity index (χ1v) is 11.7. The highest BCUT2D eigenvalue weighted by Gasteiger charge is 2.31. The van der Waals surface area contributed by atoms with Crippen LogP contribution < -0.4 is 0 Å². The van der Waals surface area contributed by atoms with Crippen LogP contribution in [0.2, 0.25) is 0 Å². The number of benzene rings is 2. The number of rotatable bonds is 5. The summed E-state index contributed by atoms with van der Waals surface area (Å²) in [6.45, 7) is 2.57. The van der Waals surface area contributed by atoms with E-state index in [1.165, 1.54) is 4.31 Å². The first-order chi connectivity index (χ1) is 14.6. The molecule has 0 spiro atoms. The van der Waals surface area contributed by atoms with E-state index in [9.17, 15) is 8.42 Å². The van der Waals surface area contributed by atoms with Crippen molar-refractivity contribution in [2.45, 2.75) is 11.4 Å². The molecule has 0 aliphatic carbocycles. The normalized spacial score (nSPS) is 16.3. The van der Waals surface area contributed by atoms with Gasteiger partial charge in [-0.15, -0.1) is 0 Å². The minimum Gasteiger partial charge on any atom is -0.439 e. The third-order valence-electron chi connectivity index (χ3n) is 5.17. The van der Waals surface area contributed by atoms with Gasteiger partial charge >= 0.3 is 0 Å². The zero-order chi connectivity index (χ0) is 20.6. The molecule has 1 aliphatic heterocycles. The monoisotopic (exact) mass is 441 g/mol. The molecule has 5 rings (SSSR count). The van der Waals surface area contributed by atoms with Gasteiger partial charge in [0.05, 0.1) is 24.5 Å². The summed E-state index contributed by atoms with van der Waals surface area (Å²) < 4.78 is 42.0. The predicted molar refractivity (Wildman–Crippen MR) is 113 cm³/mol. The molecule has 2 aromatic carbocycles. The highest BCUT2D eigenvalue weighted by atomic mass is 32.2. The first kappa shape index (κ1) is 19.3. The van der Waals surface area contributed by atoms with Crippen LogP contribution in [0.1, 0.15) is 5.89 Å². The second-order valence-corrected chi connectivity index (χ2v) is 9.49. The summed E-state index contributed by atoms with van der Waals surface area (Å²) in [7, 11) is -3.61. The van der Waals surface area contributed by atoms with E-state index in [0.29, 0.717) is 49.6 Å². The Morgan fingerprint density at radius 3 is 2.57 bits per heavy atom. The number of sulfonamides is 1. The summed E-state index contributed by atoms with van der Waals surface area (Å²) in [4.78, 5) is 6.75. The summed E-state index contributed by atoms with van der Waals surface area (Å²) in [6.07, 6.45) is 1.73. The van der Waals surface area contributed by atoms with Gasteiger partial charge < -0.3 is 4.42 Å². The average molecular weight is 442 g/mol. The predicted octanol–water partition coefficient (Wildman–Crippen LogP) is 2.85. The molecule has 154 valence electrons. The average Bonchev–Trinajstić information content (AvgIpc) is 3.44. The lowest BCUT2D eigenvalue weighted by molar-refractivity contribution is 0.169. The molecule has 8 nitrogen and oxygen atoms in total. The molecule has 30 heavy (non-hydrogen) atoms. The van der Waals surface area contributed by atoms with Crippen molar-refractivity contribution < 1.29 is 12.8 Å². The van der Waals surface area contributed by atoms with Crippen molar-refractivity contribution in [3.63, 3.8) is 0 Å². The fourth-order valence-corrected chi connectivity index (χ4v) is 5.74. The Balaban J connectivity index is 1.26. The van der Waals surface area contributed by atoms with Gasteiger partial charge in [-0.2, -0.15) is 13.1 Å². The van der Waals surface area contributed by atoms with Gasteiger partial charge in [-0.25, -0.2) is 13.4 Å². The zero-order valence-electron chi connectivity index (χ0n) is 16.0. The van der Waals surface area contributed by atoms with Gasteiger partial charge in [0, 0.05) is 31.7 Å². The first-order valence-electron chi connectivity index (χ1n) is 9.55. The maximum absolute atomic E-state index is 13.1. The van der Waals surface area contributed by atoms with Crippen LogP contribution >= 0.6 is 11.7 Å². The van der Waals surface area contributed by atoms with Crippen molar-refractivity contribution in [1.82, 2.24) is 22.9 Å². The Bertz CT molecular complexity index is 1260. The zero-order valence-corrected chi connectivity index (χ0v) is 17.6. The van der Waals surface area contributed by atoms with Crippen LogP contribution in [0.15, 0.2) is 64.0 Å². The third kappa shape index (κ3) is 3.63. The third-order valence-corrected chi connectivity index (χ3v) is 7.64. The van der Waals surface area contributed by atoms with Crippen LogP contribution in [0.25, 0.3) is 22.4 Å². The fraction of sp³-hybridized carbons (Fsp3) is 0.250. The number of oxazole rings is 1. The van der Waals surface area contributed by atoms with Crippen LogP contribution in [-0.2, 0) is 16.6 Å². The molecule has 0 atom stereocenters. The van der Waals surface area contributed by atoms with E-state index in [-0.39, 0.29) is 4.90 Å². The van der Waals surface area contributed by atoms with Gasteiger partial charge in [-0.05, 0) is 12.1 Å². The molecule has 2 aromatic heterocycles. The standard InChI is InChI=1S/C20H19N5O3S2/c26-30(27,18-8-4-7-16-20(18)23-29-22-16)25-11-9-24(10-12-25)14-19-21-13-17(28-19)15-5-2-1-3-6-15/h1-8,13H,9-12,14H2. The molecule has 0 N–H and O–H groups in total. The number of piperazine rings is 1. The van der Waals surface area contributed by atoms with Gasteiger partial charge in [-0.3, -0.25) is 4.90 Å². The quantitative estimate of drug-likeness (QED) is 0.470. The van der Waals surface area contributed by atoms with Gasteiger partial charge in [-0.1, -0.05) is 36.4 Å². The largest absolute Gasteiger partial charge is 0.439 e. The van der Waals surface area contributed by atoms with E-state index >= 15 is 0 Å². The second kappa shape index (κ2) is 7.88. The van der Waals surface area contributed by atoms with E-state index in [2.05, 4.69) is 18.6 Å². The van der Waals surface area contributed by atoms with E-state index in [1.54, 1.807) is 24.4 Å². The minimum absolute atomic E-state index is 0.224. The van der Waals surface area contributed by atoms with Crippen molar-refractivity contribution in [2.24, 2.45) is 0 Å². The van der Waals surface area contributed by atoms with Gasteiger partial charge in [0.25, 0.3) is 0 Å². The number of fused-ring (bicyclic) bond motifs is 1. The number of nitrogens with zero attached hydrogens (tertiary/aromatic N) is 5. The number of hydrogen-bond acceptors (Lipinski definition) is 8. The molecule has 0 saturated carbocycles.